The molecule has 0 aliphatic heterocycles. The maximum atomic E-state index is 12.7. The van der Waals surface area contributed by atoms with E-state index in [2.05, 4.69) is 0 Å². The first-order chi connectivity index (χ1) is 8.77. The van der Waals surface area contributed by atoms with Gasteiger partial charge in [0.15, 0.2) is 0 Å². The van der Waals surface area contributed by atoms with Crippen LogP contribution in [0.4, 0.5) is 18.9 Å². The zero-order valence-electron chi connectivity index (χ0n) is 10.6. The summed E-state index contributed by atoms with van der Waals surface area (Å²) in [6.45, 7) is 0.478. The molecule has 0 spiro atoms. The molecule has 0 bridgehead atoms. The van der Waals surface area contributed by atoms with Crippen LogP contribution < -0.4 is 5.73 Å². The fraction of sp³-hybridized carbons (Fsp3) is 0.417. The van der Waals surface area contributed by atoms with E-state index < -0.39 is 17.6 Å². The van der Waals surface area contributed by atoms with Crippen molar-refractivity contribution in [2.24, 2.45) is 0 Å². The molecule has 1 aromatic rings. The summed E-state index contributed by atoms with van der Waals surface area (Å²) in [5, 5.41) is 0. The average Bonchev–Trinajstić information content (AvgIpc) is 2.34. The number of anilines is 1. The number of amides is 1. The van der Waals surface area contributed by atoms with Crippen molar-refractivity contribution in [2.75, 3.05) is 31.3 Å². The van der Waals surface area contributed by atoms with Gasteiger partial charge in [-0.3, -0.25) is 4.79 Å². The van der Waals surface area contributed by atoms with Crippen LogP contribution in [0.2, 0.25) is 0 Å². The smallest absolute Gasteiger partial charge is 0.398 e. The minimum atomic E-state index is -4.56. The van der Waals surface area contributed by atoms with Gasteiger partial charge in [-0.1, -0.05) is 0 Å². The minimum Gasteiger partial charge on any atom is -0.398 e. The molecule has 0 atom stereocenters. The van der Waals surface area contributed by atoms with Crippen molar-refractivity contribution >= 4 is 23.4 Å². The number of nitrogens with two attached hydrogens (primary N) is 1. The highest BCUT2D eigenvalue weighted by molar-refractivity contribution is 7.98. The Morgan fingerprint density at radius 1 is 1.42 bits per heavy atom. The summed E-state index contributed by atoms with van der Waals surface area (Å²) in [5.41, 5.74) is 3.92. The fourth-order valence-corrected chi connectivity index (χ4v) is 1.94. The summed E-state index contributed by atoms with van der Waals surface area (Å²) < 4.78 is 38.1. The number of nitrogen functional groups attached to an aromatic ring is 1. The molecule has 0 aliphatic carbocycles. The van der Waals surface area contributed by atoms with Gasteiger partial charge in [0.1, 0.15) is 0 Å². The van der Waals surface area contributed by atoms with E-state index in [1.807, 2.05) is 6.26 Å². The monoisotopic (exact) mass is 292 g/mol. The van der Waals surface area contributed by atoms with Gasteiger partial charge in [-0.25, -0.2) is 0 Å². The lowest BCUT2D eigenvalue weighted by Gasteiger charge is -2.18. The predicted molar refractivity (Wildman–Crippen MR) is 71.2 cm³/mol. The van der Waals surface area contributed by atoms with E-state index in [-0.39, 0.29) is 11.3 Å². The Hall–Kier alpha value is -1.37. The number of benzene rings is 1. The SMILES string of the molecule is CSCCN(C)C(=O)c1ccc(N)c(C(F)(F)F)c1. The molecule has 0 fully saturated rings. The number of hydrogen-bond donors (Lipinski definition) is 1. The zero-order valence-corrected chi connectivity index (χ0v) is 11.4. The van der Waals surface area contributed by atoms with E-state index in [4.69, 9.17) is 5.73 Å². The van der Waals surface area contributed by atoms with Crippen LogP contribution in [0.25, 0.3) is 0 Å². The molecule has 106 valence electrons. The van der Waals surface area contributed by atoms with Gasteiger partial charge in [-0.15, -0.1) is 0 Å². The van der Waals surface area contributed by atoms with Gasteiger partial charge >= 0.3 is 6.18 Å². The third-order valence-corrected chi connectivity index (χ3v) is 3.17. The molecule has 3 nitrogen and oxygen atoms in total. The molecule has 19 heavy (non-hydrogen) atoms. The average molecular weight is 292 g/mol. The lowest BCUT2D eigenvalue weighted by Crippen LogP contribution is -2.29. The Balaban J connectivity index is 2.99. The number of carbonyl (C=O) groups is 1. The first-order valence-corrected chi connectivity index (χ1v) is 6.88. The summed E-state index contributed by atoms with van der Waals surface area (Å²) in [4.78, 5) is 13.3. The summed E-state index contributed by atoms with van der Waals surface area (Å²) in [6, 6.07) is 3.22. The number of alkyl halides is 3. The number of hydrogen-bond acceptors (Lipinski definition) is 3. The second-order valence-corrected chi connectivity index (χ2v) is 5.00. The number of nitrogens with zero attached hydrogens (tertiary/aromatic N) is 1. The van der Waals surface area contributed by atoms with Crippen LogP contribution in [0.1, 0.15) is 15.9 Å². The van der Waals surface area contributed by atoms with E-state index in [0.29, 0.717) is 6.54 Å². The number of thioether (sulfide) groups is 1. The Bertz CT molecular complexity index is 463. The van der Waals surface area contributed by atoms with Gasteiger partial charge in [0.05, 0.1) is 5.56 Å². The molecule has 0 saturated heterocycles. The predicted octanol–water partition coefficient (Wildman–Crippen LogP) is 2.72. The number of rotatable bonds is 4. The zero-order chi connectivity index (χ0) is 14.6. The standard InChI is InChI=1S/C12H15F3N2OS/c1-17(5-6-19-2)11(18)8-3-4-10(16)9(7-8)12(13,14)15/h3-4,7H,5-6,16H2,1-2H3. The maximum absolute atomic E-state index is 12.7. The molecular formula is C12H15F3N2OS. The van der Waals surface area contributed by atoms with Crippen LogP contribution in [0.3, 0.4) is 0 Å². The van der Waals surface area contributed by atoms with Gasteiger partial charge in [0.2, 0.25) is 0 Å². The summed E-state index contributed by atoms with van der Waals surface area (Å²) in [6.07, 6.45) is -2.67. The summed E-state index contributed by atoms with van der Waals surface area (Å²) in [7, 11) is 1.56. The van der Waals surface area contributed by atoms with Crippen molar-refractivity contribution in [1.82, 2.24) is 4.90 Å². The topological polar surface area (TPSA) is 46.3 Å². The summed E-state index contributed by atoms with van der Waals surface area (Å²) in [5.74, 6) is 0.281. The molecule has 7 heteroatoms. The van der Waals surface area contributed by atoms with Gasteiger partial charge in [0.25, 0.3) is 5.91 Å². The van der Waals surface area contributed by atoms with E-state index in [9.17, 15) is 18.0 Å². The molecule has 1 amide bonds. The molecule has 0 aromatic heterocycles. The molecule has 1 rings (SSSR count). The van der Waals surface area contributed by atoms with Crippen molar-refractivity contribution in [3.63, 3.8) is 0 Å². The van der Waals surface area contributed by atoms with Crippen molar-refractivity contribution in [3.05, 3.63) is 29.3 Å². The molecule has 0 radical (unpaired) electrons. The van der Waals surface area contributed by atoms with Crippen molar-refractivity contribution < 1.29 is 18.0 Å². The highest BCUT2D eigenvalue weighted by atomic mass is 32.2. The van der Waals surface area contributed by atoms with Crippen molar-refractivity contribution in [1.29, 1.82) is 0 Å². The van der Waals surface area contributed by atoms with E-state index >= 15 is 0 Å². The molecule has 1 aromatic carbocycles. The van der Waals surface area contributed by atoms with Crippen LogP contribution in [-0.4, -0.2) is 36.4 Å². The Kier molecular flexibility index (Phi) is 5.11. The first kappa shape index (κ1) is 15.7. The maximum Gasteiger partial charge on any atom is 0.418 e. The molecular weight excluding hydrogens is 277 g/mol. The van der Waals surface area contributed by atoms with Crippen LogP contribution >= 0.6 is 11.8 Å². The lowest BCUT2D eigenvalue weighted by molar-refractivity contribution is -0.136. The Morgan fingerprint density at radius 3 is 2.58 bits per heavy atom. The van der Waals surface area contributed by atoms with Crippen LogP contribution in [0.5, 0.6) is 0 Å². The molecule has 0 aliphatic rings. The molecule has 0 unspecified atom stereocenters. The Morgan fingerprint density at radius 2 is 2.05 bits per heavy atom. The summed E-state index contributed by atoms with van der Waals surface area (Å²) >= 11 is 1.56. The van der Waals surface area contributed by atoms with Gasteiger partial charge < -0.3 is 10.6 Å². The van der Waals surface area contributed by atoms with Crippen LogP contribution in [-0.2, 0) is 6.18 Å². The van der Waals surface area contributed by atoms with E-state index in [1.165, 1.54) is 11.0 Å². The first-order valence-electron chi connectivity index (χ1n) is 5.48. The molecule has 0 heterocycles. The van der Waals surface area contributed by atoms with Gasteiger partial charge in [-0.05, 0) is 24.5 Å². The largest absolute Gasteiger partial charge is 0.418 e. The second-order valence-electron chi connectivity index (χ2n) is 4.02. The van der Waals surface area contributed by atoms with E-state index in [1.54, 1.807) is 18.8 Å². The van der Waals surface area contributed by atoms with Crippen LogP contribution in [0.15, 0.2) is 18.2 Å². The van der Waals surface area contributed by atoms with Crippen LogP contribution in [0, 0.1) is 0 Å². The quantitative estimate of drug-likeness (QED) is 0.868. The van der Waals surface area contributed by atoms with E-state index in [0.717, 1.165) is 17.9 Å². The second kappa shape index (κ2) is 6.18. The molecule has 0 saturated carbocycles. The highest BCUT2D eigenvalue weighted by Gasteiger charge is 2.33. The Labute approximate surface area is 114 Å². The molecule has 2 N–H and O–H groups in total. The normalized spacial score (nSPS) is 11.4. The minimum absolute atomic E-state index is 0.00914. The lowest BCUT2D eigenvalue weighted by atomic mass is 10.1. The van der Waals surface area contributed by atoms with Crippen molar-refractivity contribution in [2.45, 2.75) is 6.18 Å². The third-order valence-electron chi connectivity index (χ3n) is 2.58. The number of carbonyl (C=O) groups excluding carboxylic acids is 1. The third kappa shape index (κ3) is 4.05. The van der Waals surface area contributed by atoms with Gasteiger partial charge in [0, 0.05) is 30.6 Å². The van der Waals surface area contributed by atoms with Crippen molar-refractivity contribution in [3.8, 4) is 0 Å². The fourth-order valence-electron chi connectivity index (χ4n) is 1.48. The number of halogens is 3. The van der Waals surface area contributed by atoms with Gasteiger partial charge in [-0.2, -0.15) is 24.9 Å². The highest BCUT2D eigenvalue weighted by Crippen LogP contribution is 2.34.